The van der Waals surface area contributed by atoms with Crippen molar-refractivity contribution in [2.24, 2.45) is 50.2 Å². The molecule has 0 aromatic carbocycles. The maximum atomic E-state index is 13.3. The van der Waals surface area contributed by atoms with Gasteiger partial charge in [0.25, 0.3) is 0 Å². The average Bonchev–Trinajstić information content (AvgIpc) is 3.11. The van der Waals surface area contributed by atoms with Gasteiger partial charge in [0.15, 0.2) is 5.78 Å². The first-order valence-corrected chi connectivity index (χ1v) is 15.0. The maximum Gasteiger partial charge on any atom is 0.302 e. The van der Waals surface area contributed by atoms with Crippen molar-refractivity contribution < 1.29 is 19.1 Å². The summed E-state index contributed by atoms with van der Waals surface area (Å²) < 4.78 is 5.94. The first kappa shape index (κ1) is 27.1. The molecule has 5 rings (SSSR count). The molecule has 0 bridgehead atoms. The molecule has 0 N–H and O–H groups in total. The number of aldehydes is 1. The Morgan fingerprint density at radius 2 is 1.54 bits per heavy atom. The summed E-state index contributed by atoms with van der Waals surface area (Å²) in [7, 11) is 0. The standard InChI is InChI=1S/C33H50O4/c1-20(2)26-23(36)18-33(19-34)17-15-29(6)22(27(26)33)10-11-24-30(29,7)14-16-32(9)28(4,5)25(37-21(3)35)12-13-31(24,32)8/h19-20,22,24-25H,10-18H2,1-9H3/t22-,24+,25+,29-,30-,31-,32+,33?/m1/s1. The van der Waals surface area contributed by atoms with E-state index in [1.807, 2.05) is 0 Å². The van der Waals surface area contributed by atoms with E-state index in [9.17, 15) is 14.4 Å². The molecular formula is C33H50O4. The number of esters is 1. The van der Waals surface area contributed by atoms with Crippen LogP contribution < -0.4 is 0 Å². The number of ether oxygens (including phenoxy) is 1. The van der Waals surface area contributed by atoms with Crippen LogP contribution >= 0.6 is 0 Å². The van der Waals surface area contributed by atoms with Gasteiger partial charge in [-0.25, -0.2) is 0 Å². The predicted octanol–water partition coefficient (Wildman–Crippen LogP) is 7.49. The lowest BCUT2D eigenvalue weighted by atomic mass is 9.29. The van der Waals surface area contributed by atoms with Crippen molar-refractivity contribution in [1.82, 2.24) is 0 Å². The zero-order chi connectivity index (χ0) is 27.4. The first-order valence-electron chi connectivity index (χ1n) is 15.0. The molecule has 0 radical (unpaired) electrons. The fourth-order valence-corrected chi connectivity index (χ4v) is 11.3. The van der Waals surface area contributed by atoms with Gasteiger partial charge in [0, 0.05) is 18.8 Å². The SMILES string of the molecule is CC(=O)O[C@H]1CC[C@]2(C)[C@H]3CC[C@@H]4C5=C(C(C)C)C(=O)CC5(C=O)CC[C@@]4(C)[C@]3(C)CC[C@@]2(C)C1(C)C. The Hall–Kier alpha value is -1.45. The van der Waals surface area contributed by atoms with Gasteiger partial charge in [-0.3, -0.25) is 9.59 Å². The minimum atomic E-state index is -0.554. The molecule has 0 spiro atoms. The summed E-state index contributed by atoms with van der Waals surface area (Å²) in [5.41, 5.74) is 2.00. The Balaban J connectivity index is 1.59. The van der Waals surface area contributed by atoms with Crippen LogP contribution in [0.4, 0.5) is 0 Å². The maximum absolute atomic E-state index is 13.3. The van der Waals surface area contributed by atoms with Gasteiger partial charge >= 0.3 is 5.97 Å². The molecule has 5 aliphatic rings. The molecule has 206 valence electrons. The molecule has 0 heterocycles. The quantitative estimate of drug-likeness (QED) is 0.291. The molecule has 4 heteroatoms. The third-order valence-electron chi connectivity index (χ3n) is 14.1. The highest BCUT2D eigenvalue weighted by Gasteiger charge is 2.73. The van der Waals surface area contributed by atoms with Crippen LogP contribution in [0, 0.1) is 50.2 Å². The average molecular weight is 511 g/mol. The molecule has 0 aromatic heterocycles. The molecule has 8 atom stereocenters. The number of fused-ring (bicyclic) bond motifs is 7. The van der Waals surface area contributed by atoms with Gasteiger partial charge in [0.1, 0.15) is 12.4 Å². The van der Waals surface area contributed by atoms with Gasteiger partial charge in [-0.1, -0.05) is 55.4 Å². The van der Waals surface area contributed by atoms with Crippen LogP contribution in [0.3, 0.4) is 0 Å². The molecular weight excluding hydrogens is 460 g/mol. The Morgan fingerprint density at radius 3 is 2.14 bits per heavy atom. The van der Waals surface area contributed by atoms with Crippen LogP contribution in [0.5, 0.6) is 0 Å². The molecule has 4 fully saturated rings. The largest absolute Gasteiger partial charge is 0.462 e. The van der Waals surface area contributed by atoms with E-state index in [4.69, 9.17) is 4.74 Å². The molecule has 0 aliphatic heterocycles. The van der Waals surface area contributed by atoms with E-state index < -0.39 is 5.41 Å². The van der Waals surface area contributed by atoms with E-state index in [2.05, 4.69) is 55.4 Å². The van der Waals surface area contributed by atoms with E-state index >= 15 is 0 Å². The number of Topliss-reactive ketones (excluding diaryl/α,β-unsaturated/α-hetero) is 1. The summed E-state index contributed by atoms with van der Waals surface area (Å²) in [5, 5.41) is 0. The fourth-order valence-electron chi connectivity index (χ4n) is 11.3. The number of rotatable bonds is 3. The Kier molecular flexibility index (Phi) is 5.89. The summed E-state index contributed by atoms with van der Waals surface area (Å²) in [5.74, 6) is 1.11. The zero-order valence-electron chi connectivity index (χ0n) is 24.9. The van der Waals surface area contributed by atoms with Crippen molar-refractivity contribution in [3.63, 3.8) is 0 Å². The van der Waals surface area contributed by atoms with Crippen molar-refractivity contribution in [3.05, 3.63) is 11.1 Å². The van der Waals surface area contributed by atoms with Crippen LogP contribution in [0.1, 0.15) is 120 Å². The van der Waals surface area contributed by atoms with Crippen molar-refractivity contribution in [2.45, 2.75) is 126 Å². The fraction of sp³-hybridized carbons (Fsp3) is 0.848. The van der Waals surface area contributed by atoms with Gasteiger partial charge in [-0.2, -0.15) is 0 Å². The van der Waals surface area contributed by atoms with Gasteiger partial charge in [-0.05, 0) is 102 Å². The summed E-state index contributed by atoms with van der Waals surface area (Å²) in [6.07, 6.45) is 9.87. The Labute approximate surface area is 224 Å². The summed E-state index contributed by atoms with van der Waals surface area (Å²) in [4.78, 5) is 37.9. The van der Waals surface area contributed by atoms with E-state index in [0.717, 1.165) is 63.2 Å². The minimum absolute atomic E-state index is 0.0366. The highest BCUT2D eigenvalue weighted by molar-refractivity contribution is 6.03. The van der Waals surface area contributed by atoms with Crippen LogP contribution in [0.15, 0.2) is 11.1 Å². The third kappa shape index (κ3) is 3.11. The van der Waals surface area contributed by atoms with Crippen LogP contribution in [-0.2, 0) is 19.1 Å². The molecule has 4 nitrogen and oxygen atoms in total. The van der Waals surface area contributed by atoms with E-state index in [-0.39, 0.29) is 50.8 Å². The molecule has 1 unspecified atom stereocenters. The first-order chi connectivity index (χ1) is 17.0. The zero-order valence-corrected chi connectivity index (χ0v) is 24.9. The Morgan fingerprint density at radius 1 is 0.892 bits per heavy atom. The van der Waals surface area contributed by atoms with Crippen LogP contribution in [-0.4, -0.2) is 24.1 Å². The van der Waals surface area contributed by atoms with Crippen molar-refractivity contribution in [1.29, 1.82) is 0 Å². The topological polar surface area (TPSA) is 60.4 Å². The molecule has 5 aliphatic carbocycles. The van der Waals surface area contributed by atoms with Crippen LogP contribution in [0.25, 0.3) is 0 Å². The van der Waals surface area contributed by atoms with E-state index in [1.54, 1.807) is 6.92 Å². The number of carbonyl (C=O) groups is 3. The number of allylic oxidation sites excluding steroid dienone is 2. The lowest BCUT2D eigenvalue weighted by Crippen LogP contribution is -2.69. The highest BCUT2D eigenvalue weighted by Crippen LogP contribution is 2.79. The number of carbonyl (C=O) groups excluding carboxylic acids is 3. The monoisotopic (exact) mass is 510 g/mol. The van der Waals surface area contributed by atoms with Gasteiger partial charge < -0.3 is 9.53 Å². The minimum Gasteiger partial charge on any atom is -0.462 e. The summed E-state index contributed by atoms with van der Waals surface area (Å²) in [6.45, 7) is 20.6. The lowest BCUT2D eigenvalue weighted by Gasteiger charge is -2.75. The van der Waals surface area contributed by atoms with Gasteiger partial charge in [0.05, 0.1) is 5.41 Å². The molecule has 0 aromatic rings. The summed E-state index contributed by atoms with van der Waals surface area (Å²) >= 11 is 0. The second-order valence-electron chi connectivity index (χ2n) is 15.5. The molecule has 4 saturated carbocycles. The third-order valence-corrected chi connectivity index (χ3v) is 14.1. The van der Waals surface area contributed by atoms with E-state index in [1.165, 1.54) is 5.57 Å². The Bertz CT molecular complexity index is 1070. The van der Waals surface area contributed by atoms with Gasteiger partial charge in [0.2, 0.25) is 0 Å². The summed E-state index contributed by atoms with van der Waals surface area (Å²) in [6, 6.07) is 0. The van der Waals surface area contributed by atoms with E-state index in [0.29, 0.717) is 18.3 Å². The highest BCUT2D eigenvalue weighted by atomic mass is 16.5. The van der Waals surface area contributed by atoms with Gasteiger partial charge in [-0.15, -0.1) is 0 Å². The number of hydrogen-bond acceptors (Lipinski definition) is 4. The normalized spacial score (nSPS) is 48.6. The predicted molar refractivity (Wildman–Crippen MR) is 146 cm³/mol. The van der Waals surface area contributed by atoms with Crippen molar-refractivity contribution in [3.8, 4) is 0 Å². The molecule has 37 heavy (non-hydrogen) atoms. The molecule has 0 saturated heterocycles. The lowest BCUT2D eigenvalue weighted by molar-refractivity contribution is -0.270. The number of ketones is 1. The smallest absolute Gasteiger partial charge is 0.302 e. The second kappa shape index (κ2) is 8.04. The van der Waals surface area contributed by atoms with Crippen molar-refractivity contribution in [2.75, 3.05) is 0 Å². The van der Waals surface area contributed by atoms with Crippen LogP contribution in [0.2, 0.25) is 0 Å². The second-order valence-corrected chi connectivity index (χ2v) is 15.5. The molecule has 0 amide bonds. The number of hydrogen-bond donors (Lipinski definition) is 0. The van der Waals surface area contributed by atoms with Crippen molar-refractivity contribution >= 4 is 18.0 Å².